The maximum Gasteiger partial charge on any atom is 0.311 e. The lowest BCUT2D eigenvalue weighted by molar-refractivity contribution is -0.344. The van der Waals surface area contributed by atoms with Gasteiger partial charge in [0.2, 0.25) is 0 Å². The SMILES string of the molecule is CC[C@H]1OC(=O)[C@H](C)[C@@H](O[C@H]2C[C@@](C)(OC)[C@@H](O)[C@H](C)O2)[C@H](C)[C@@H](O[C@@H]2O[C@H](C)C[C@H](N(C)C)[C@H]2O)[C@@]2(C)CC(C)[C@@]3(O[C@@]1(C)[C@H](O)[C@H]3C)O2. The smallest absolute Gasteiger partial charge is 0.311 e. The Kier molecular flexibility index (Phi) is 11.5. The standard InChI is InChI=1S/C37H65NO12/c1-14-25-36(10)29(40)22(6)37(50-36)18(2)16-35(9,49-37)31(48-33-27(39)24(38(11)12)15-19(3)44-33)20(4)28(21(5)32(42)46-25)47-26-17-34(8,43-13)30(41)23(7)45-26/h18-31,33,39-41H,14-17H2,1-13H3/t18?,19-,20+,21-,22-,23+,24+,25-,26+,27-,28+,29-,30+,31-,33+,34-,35-,36-,37+/m1/s1. The van der Waals surface area contributed by atoms with Crippen LogP contribution in [0.15, 0.2) is 0 Å². The van der Waals surface area contributed by atoms with Crippen LogP contribution in [0.5, 0.6) is 0 Å². The Morgan fingerprint density at radius 2 is 1.58 bits per heavy atom. The lowest BCUT2D eigenvalue weighted by Gasteiger charge is -2.49. The molecule has 13 heteroatoms. The molecule has 1 spiro atoms. The van der Waals surface area contributed by atoms with Crippen LogP contribution in [0.4, 0.5) is 0 Å². The summed E-state index contributed by atoms with van der Waals surface area (Å²) in [5.74, 6) is -3.80. The maximum atomic E-state index is 14.2. The van der Waals surface area contributed by atoms with E-state index in [0.717, 1.165) is 0 Å². The van der Waals surface area contributed by atoms with Crippen LogP contribution in [0.3, 0.4) is 0 Å². The van der Waals surface area contributed by atoms with E-state index < -0.39 is 102 Å². The van der Waals surface area contributed by atoms with Gasteiger partial charge >= 0.3 is 5.97 Å². The van der Waals surface area contributed by atoms with Gasteiger partial charge in [-0.15, -0.1) is 0 Å². The topological polar surface area (TPSA) is 155 Å². The average Bonchev–Trinajstić information content (AvgIpc) is 3.42. The van der Waals surface area contributed by atoms with E-state index in [9.17, 15) is 20.1 Å². The monoisotopic (exact) mass is 715 g/mol. The number of cyclic esters (lactones) is 1. The average molecular weight is 716 g/mol. The molecule has 3 bridgehead atoms. The van der Waals surface area contributed by atoms with Crippen molar-refractivity contribution in [3.63, 3.8) is 0 Å². The minimum Gasteiger partial charge on any atom is -0.459 e. The summed E-state index contributed by atoms with van der Waals surface area (Å²) < 4.78 is 52.3. The number of carbonyl (C=O) groups excluding carboxylic acids is 1. The number of hydrogen-bond donors (Lipinski definition) is 3. The molecule has 290 valence electrons. The molecular formula is C37H65NO12. The summed E-state index contributed by atoms with van der Waals surface area (Å²) in [6.07, 6.45) is -6.22. The second-order valence-electron chi connectivity index (χ2n) is 16.9. The van der Waals surface area contributed by atoms with Gasteiger partial charge in [-0.3, -0.25) is 4.79 Å². The van der Waals surface area contributed by atoms with Gasteiger partial charge in [-0.05, 0) is 74.9 Å². The van der Waals surface area contributed by atoms with Crippen molar-refractivity contribution in [1.29, 1.82) is 0 Å². The zero-order chi connectivity index (χ0) is 37.3. The van der Waals surface area contributed by atoms with Crippen LogP contribution in [0.2, 0.25) is 0 Å². The van der Waals surface area contributed by atoms with E-state index in [2.05, 4.69) is 6.92 Å². The van der Waals surface area contributed by atoms with Crippen molar-refractivity contribution in [3.05, 3.63) is 0 Å². The highest BCUT2D eigenvalue weighted by Gasteiger charge is 2.71. The minimum absolute atomic E-state index is 0.194. The van der Waals surface area contributed by atoms with Gasteiger partial charge in [0.05, 0.1) is 47.6 Å². The summed E-state index contributed by atoms with van der Waals surface area (Å²) in [6, 6.07) is -0.218. The fourth-order valence-corrected chi connectivity index (χ4v) is 9.81. The number of hydrogen-bond acceptors (Lipinski definition) is 13. The summed E-state index contributed by atoms with van der Waals surface area (Å²) in [4.78, 5) is 16.2. The van der Waals surface area contributed by atoms with Crippen molar-refractivity contribution in [2.45, 2.75) is 185 Å². The van der Waals surface area contributed by atoms with E-state index in [0.29, 0.717) is 19.3 Å². The van der Waals surface area contributed by atoms with Crippen LogP contribution < -0.4 is 0 Å². The first kappa shape index (κ1) is 40.2. The molecule has 0 amide bonds. The van der Waals surface area contributed by atoms with Crippen LogP contribution in [0, 0.1) is 23.7 Å². The van der Waals surface area contributed by atoms with Gasteiger partial charge in [0.25, 0.3) is 0 Å². The molecule has 0 aromatic carbocycles. The molecule has 13 nitrogen and oxygen atoms in total. The number of aliphatic hydroxyl groups excluding tert-OH is 3. The molecule has 5 heterocycles. The number of esters is 1. The Hall–Kier alpha value is -0.970. The summed E-state index contributed by atoms with van der Waals surface area (Å²) in [7, 11) is 5.39. The van der Waals surface area contributed by atoms with Gasteiger partial charge in [0.1, 0.15) is 23.9 Å². The van der Waals surface area contributed by atoms with Crippen LogP contribution in [0.1, 0.15) is 94.9 Å². The molecule has 0 aliphatic carbocycles. The van der Waals surface area contributed by atoms with Crippen LogP contribution in [0.25, 0.3) is 0 Å². The first-order chi connectivity index (χ1) is 23.2. The third kappa shape index (κ3) is 6.69. The van der Waals surface area contributed by atoms with Gasteiger partial charge in [0, 0.05) is 37.3 Å². The fraction of sp³-hybridized carbons (Fsp3) is 0.973. The number of aliphatic hydroxyl groups is 3. The molecule has 0 aromatic heterocycles. The normalized spacial score (nSPS) is 54.7. The lowest BCUT2D eigenvalue weighted by atomic mass is 9.77. The molecular weight excluding hydrogens is 650 g/mol. The molecule has 5 fully saturated rings. The Morgan fingerprint density at radius 3 is 2.18 bits per heavy atom. The van der Waals surface area contributed by atoms with Gasteiger partial charge in [-0.1, -0.05) is 27.7 Å². The summed E-state index contributed by atoms with van der Waals surface area (Å²) in [5.41, 5.74) is -3.25. The Labute approximate surface area is 298 Å². The Morgan fingerprint density at radius 1 is 0.920 bits per heavy atom. The summed E-state index contributed by atoms with van der Waals surface area (Å²) in [6.45, 7) is 18.9. The largest absolute Gasteiger partial charge is 0.459 e. The molecule has 5 saturated heterocycles. The number of ether oxygens (including phenoxy) is 8. The second kappa shape index (κ2) is 14.4. The molecule has 0 saturated carbocycles. The van der Waals surface area contributed by atoms with Crippen LogP contribution in [-0.4, -0.2) is 137 Å². The molecule has 50 heavy (non-hydrogen) atoms. The lowest BCUT2D eigenvalue weighted by Crippen LogP contribution is -2.61. The van der Waals surface area contributed by atoms with Crippen LogP contribution in [-0.2, 0) is 42.7 Å². The number of likely N-dealkylation sites (N-methyl/N-ethyl adjacent to an activating group) is 1. The molecule has 0 radical (unpaired) electrons. The molecule has 5 aliphatic heterocycles. The highest BCUT2D eigenvalue weighted by Crippen LogP contribution is 2.59. The van der Waals surface area contributed by atoms with E-state index in [-0.39, 0.29) is 24.5 Å². The minimum atomic E-state index is -1.25. The van der Waals surface area contributed by atoms with Crippen molar-refractivity contribution in [3.8, 4) is 0 Å². The molecule has 0 aromatic rings. The van der Waals surface area contributed by atoms with Crippen molar-refractivity contribution in [2.75, 3.05) is 21.2 Å². The number of fused-ring (bicyclic) bond motifs is 2. The quantitative estimate of drug-likeness (QED) is 0.331. The molecule has 3 N–H and O–H groups in total. The predicted molar refractivity (Wildman–Crippen MR) is 182 cm³/mol. The first-order valence-electron chi connectivity index (χ1n) is 18.7. The number of nitrogens with zero attached hydrogens (tertiary/aromatic N) is 1. The van der Waals surface area contributed by atoms with Gasteiger partial charge in [0.15, 0.2) is 18.4 Å². The van der Waals surface area contributed by atoms with E-state index in [1.54, 1.807) is 27.9 Å². The molecule has 19 atom stereocenters. The number of methoxy groups -OCH3 is 1. The van der Waals surface area contributed by atoms with Gasteiger partial charge < -0.3 is 58.1 Å². The highest BCUT2D eigenvalue weighted by molar-refractivity contribution is 5.73. The summed E-state index contributed by atoms with van der Waals surface area (Å²) >= 11 is 0. The number of carbonyl (C=O) groups is 1. The molecule has 5 rings (SSSR count). The van der Waals surface area contributed by atoms with E-state index >= 15 is 0 Å². The van der Waals surface area contributed by atoms with Crippen LogP contribution >= 0.6 is 0 Å². The van der Waals surface area contributed by atoms with E-state index in [1.807, 2.05) is 60.5 Å². The fourth-order valence-electron chi connectivity index (χ4n) is 9.81. The third-order valence-electron chi connectivity index (χ3n) is 12.9. The Balaban J connectivity index is 1.62. The summed E-state index contributed by atoms with van der Waals surface area (Å²) in [5, 5.41) is 34.4. The molecule has 1 unspecified atom stereocenters. The van der Waals surface area contributed by atoms with Crippen molar-refractivity contribution in [1.82, 2.24) is 4.90 Å². The third-order valence-corrected chi connectivity index (χ3v) is 12.9. The zero-order valence-corrected chi connectivity index (χ0v) is 32.5. The van der Waals surface area contributed by atoms with Crippen molar-refractivity contribution < 1.29 is 58.0 Å². The predicted octanol–water partition coefficient (Wildman–Crippen LogP) is 2.99. The van der Waals surface area contributed by atoms with E-state index in [1.165, 1.54) is 0 Å². The maximum absolute atomic E-state index is 14.2. The highest BCUT2D eigenvalue weighted by atomic mass is 16.8. The first-order valence-corrected chi connectivity index (χ1v) is 18.7. The zero-order valence-electron chi connectivity index (χ0n) is 32.5. The van der Waals surface area contributed by atoms with E-state index in [4.69, 9.17) is 37.9 Å². The van der Waals surface area contributed by atoms with Gasteiger partial charge in [-0.25, -0.2) is 0 Å². The van der Waals surface area contributed by atoms with Gasteiger partial charge in [-0.2, -0.15) is 0 Å². The Bertz CT molecular complexity index is 1210. The van der Waals surface area contributed by atoms with Crippen molar-refractivity contribution in [2.24, 2.45) is 23.7 Å². The van der Waals surface area contributed by atoms with Crippen molar-refractivity contribution >= 4 is 5.97 Å². The second-order valence-corrected chi connectivity index (χ2v) is 16.9. The molecule has 5 aliphatic rings. The number of rotatable bonds is 7.